The summed E-state index contributed by atoms with van der Waals surface area (Å²) in [6.45, 7) is 0. The van der Waals surface area contributed by atoms with Crippen LogP contribution in [-0.2, 0) is 6.42 Å². The molecule has 3 rings (SSSR count). The average molecular weight is 262 g/mol. The third kappa shape index (κ3) is 2.35. The topological polar surface area (TPSA) is 36.9 Å². The highest BCUT2D eigenvalue weighted by molar-refractivity contribution is 5.38. The molecule has 2 unspecified atom stereocenters. The number of hydrogen-bond donors (Lipinski definition) is 1. The fraction of sp³-hybridized carbons (Fsp3) is 0.200. The SMILES string of the molecule is [Cl-].[NH3+]C(c1ccccc1)C1Cc2ccccc2O1. The van der Waals surface area contributed by atoms with Gasteiger partial charge in [0.25, 0.3) is 0 Å². The molecular formula is C15H16ClNO. The Morgan fingerprint density at radius 1 is 1.00 bits per heavy atom. The summed E-state index contributed by atoms with van der Waals surface area (Å²) in [7, 11) is 0. The predicted molar refractivity (Wildman–Crippen MR) is 66.6 cm³/mol. The fourth-order valence-electron chi connectivity index (χ4n) is 2.35. The maximum atomic E-state index is 5.96. The molecule has 3 heteroatoms. The van der Waals surface area contributed by atoms with Gasteiger partial charge in [-0.25, -0.2) is 0 Å². The number of quaternary nitrogens is 1. The highest BCUT2D eigenvalue weighted by atomic mass is 35.5. The second kappa shape index (κ2) is 5.42. The molecule has 94 valence electrons. The van der Waals surface area contributed by atoms with Crippen LogP contribution in [0.5, 0.6) is 5.75 Å². The molecular weight excluding hydrogens is 246 g/mol. The summed E-state index contributed by atoms with van der Waals surface area (Å²) in [5.74, 6) is 1.02. The lowest BCUT2D eigenvalue weighted by Crippen LogP contribution is -3.00. The Bertz CT molecular complexity index is 490. The molecule has 0 saturated carbocycles. The van der Waals surface area contributed by atoms with Crippen molar-refractivity contribution in [2.75, 3.05) is 0 Å². The molecule has 1 aliphatic heterocycles. The number of benzene rings is 2. The van der Waals surface area contributed by atoms with Gasteiger partial charge in [-0.2, -0.15) is 0 Å². The van der Waals surface area contributed by atoms with Crippen LogP contribution < -0.4 is 22.9 Å². The van der Waals surface area contributed by atoms with Gasteiger partial charge in [0, 0.05) is 12.0 Å². The van der Waals surface area contributed by atoms with E-state index in [9.17, 15) is 0 Å². The van der Waals surface area contributed by atoms with Gasteiger partial charge in [-0.1, -0.05) is 48.5 Å². The van der Waals surface area contributed by atoms with E-state index < -0.39 is 0 Å². The van der Waals surface area contributed by atoms with Crippen LogP contribution >= 0.6 is 0 Å². The van der Waals surface area contributed by atoms with Crippen LogP contribution in [0.25, 0.3) is 0 Å². The lowest BCUT2D eigenvalue weighted by Gasteiger charge is -2.16. The van der Waals surface area contributed by atoms with Gasteiger partial charge >= 0.3 is 0 Å². The van der Waals surface area contributed by atoms with Crippen LogP contribution in [0.15, 0.2) is 54.6 Å². The van der Waals surface area contributed by atoms with Crippen molar-refractivity contribution < 1.29 is 22.9 Å². The lowest BCUT2D eigenvalue weighted by atomic mass is 9.99. The number of hydrogen-bond acceptors (Lipinski definition) is 1. The van der Waals surface area contributed by atoms with E-state index in [0.717, 1.165) is 12.2 Å². The molecule has 2 atom stereocenters. The normalized spacial score (nSPS) is 18.4. The summed E-state index contributed by atoms with van der Waals surface area (Å²) in [5.41, 5.74) is 6.78. The summed E-state index contributed by atoms with van der Waals surface area (Å²) in [4.78, 5) is 0. The highest BCUT2D eigenvalue weighted by Crippen LogP contribution is 2.32. The molecule has 0 radical (unpaired) electrons. The van der Waals surface area contributed by atoms with Crippen LogP contribution in [0.2, 0.25) is 0 Å². The Balaban J connectivity index is 0.00000120. The van der Waals surface area contributed by atoms with Crippen molar-refractivity contribution in [1.29, 1.82) is 0 Å². The molecule has 0 aliphatic carbocycles. The van der Waals surface area contributed by atoms with Gasteiger partial charge in [0.1, 0.15) is 11.8 Å². The van der Waals surface area contributed by atoms with Crippen molar-refractivity contribution in [3.8, 4) is 5.75 Å². The number of halogens is 1. The zero-order chi connectivity index (χ0) is 11.7. The first-order chi connectivity index (χ1) is 8.34. The van der Waals surface area contributed by atoms with Crippen molar-refractivity contribution in [1.82, 2.24) is 0 Å². The highest BCUT2D eigenvalue weighted by Gasteiger charge is 2.31. The van der Waals surface area contributed by atoms with Crippen molar-refractivity contribution in [3.63, 3.8) is 0 Å². The smallest absolute Gasteiger partial charge is 0.159 e. The molecule has 18 heavy (non-hydrogen) atoms. The first-order valence-corrected chi connectivity index (χ1v) is 5.97. The van der Waals surface area contributed by atoms with Gasteiger partial charge in [-0.3, -0.25) is 0 Å². The maximum Gasteiger partial charge on any atom is 0.159 e. The van der Waals surface area contributed by atoms with Gasteiger partial charge in [0.05, 0.1) is 0 Å². The maximum absolute atomic E-state index is 5.96. The fourth-order valence-corrected chi connectivity index (χ4v) is 2.35. The van der Waals surface area contributed by atoms with Crippen molar-refractivity contribution in [3.05, 3.63) is 65.7 Å². The Labute approximate surface area is 113 Å². The van der Waals surface area contributed by atoms with E-state index in [-0.39, 0.29) is 24.6 Å². The van der Waals surface area contributed by atoms with Gasteiger partial charge in [0.2, 0.25) is 0 Å². The van der Waals surface area contributed by atoms with E-state index >= 15 is 0 Å². The Morgan fingerprint density at radius 3 is 2.39 bits per heavy atom. The molecule has 2 nitrogen and oxygen atoms in total. The number of ether oxygens (including phenoxy) is 1. The van der Waals surface area contributed by atoms with Crippen molar-refractivity contribution >= 4 is 0 Å². The molecule has 0 amide bonds. The molecule has 3 N–H and O–H groups in total. The molecule has 0 fully saturated rings. The lowest BCUT2D eigenvalue weighted by molar-refractivity contribution is -0.441. The Morgan fingerprint density at radius 2 is 1.67 bits per heavy atom. The van der Waals surface area contributed by atoms with Gasteiger partial charge in [-0.05, 0) is 11.6 Å². The van der Waals surface area contributed by atoms with Crippen molar-refractivity contribution in [2.24, 2.45) is 0 Å². The largest absolute Gasteiger partial charge is 1.00 e. The summed E-state index contributed by atoms with van der Waals surface area (Å²) < 4.78 is 5.96. The Hall–Kier alpha value is -1.51. The van der Waals surface area contributed by atoms with Gasteiger partial charge in [-0.15, -0.1) is 0 Å². The van der Waals surface area contributed by atoms with E-state index in [1.54, 1.807) is 0 Å². The zero-order valence-corrected chi connectivity index (χ0v) is 10.8. The third-order valence-corrected chi connectivity index (χ3v) is 3.35. The molecule has 0 spiro atoms. The summed E-state index contributed by atoms with van der Waals surface area (Å²) in [6, 6.07) is 18.8. The van der Waals surface area contributed by atoms with Crippen LogP contribution in [0.4, 0.5) is 0 Å². The summed E-state index contributed by atoms with van der Waals surface area (Å²) in [5, 5.41) is 0. The quantitative estimate of drug-likeness (QED) is 0.738. The molecule has 0 aromatic heterocycles. The van der Waals surface area contributed by atoms with Crippen LogP contribution in [-0.4, -0.2) is 6.10 Å². The van der Waals surface area contributed by atoms with E-state index in [1.807, 2.05) is 18.2 Å². The van der Waals surface area contributed by atoms with E-state index in [1.165, 1.54) is 11.1 Å². The van der Waals surface area contributed by atoms with Gasteiger partial charge in [0.15, 0.2) is 6.10 Å². The zero-order valence-electron chi connectivity index (χ0n) is 10.1. The van der Waals surface area contributed by atoms with Gasteiger partial charge < -0.3 is 22.9 Å². The molecule has 0 saturated heterocycles. The van der Waals surface area contributed by atoms with E-state index in [4.69, 9.17) is 4.74 Å². The van der Waals surface area contributed by atoms with E-state index in [0.29, 0.717) is 0 Å². The second-order valence-corrected chi connectivity index (χ2v) is 4.49. The van der Waals surface area contributed by atoms with Crippen LogP contribution in [0.1, 0.15) is 17.2 Å². The summed E-state index contributed by atoms with van der Waals surface area (Å²) >= 11 is 0. The molecule has 2 aromatic carbocycles. The number of para-hydroxylation sites is 1. The minimum Gasteiger partial charge on any atom is -1.00 e. The second-order valence-electron chi connectivity index (χ2n) is 4.49. The first kappa shape index (κ1) is 12.9. The average Bonchev–Trinajstić information content (AvgIpc) is 2.82. The van der Waals surface area contributed by atoms with Crippen LogP contribution in [0.3, 0.4) is 0 Å². The predicted octanol–water partition coefficient (Wildman–Crippen LogP) is -1.02. The third-order valence-electron chi connectivity index (χ3n) is 3.35. The minimum atomic E-state index is 0. The molecule has 2 aromatic rings. The van der Waals surface area contributed by atoms with Crippen LogP contribution in [0, 0.1) is 0 Å². The first-order valence-electron chi connectivity index (χ1n) is 5.97. The molecule has 1 heterocycles. The summed E-state index contributed by atoms with van der Waals surface area (Å²) in [6.07, 6.45) is 1.12. The monoisotopic (exact) mass is 261 g/mol. The molecule has 1 aliphatic rings. The Kier molecular flexibility index (Phi) is 3.90. The van der Waals surface area contributed by atoms with E-state index in [2.05, 4.69) is 42.1 Å². The van der Waals surface area contributed by atoms with Crippen molar-refractivity contribution in [2.45, 2.75) is 18.6 Å². The standard InChI is InChI=1S/C15H15NO.ClH/c16-15(11-6-2-1-3-7-11)14-10-12-8-4-5-9-13(12)17-14;/h1-9,14-15H,10,16H2;1H. The number of rotatable bonds is 2. The minimum absolute atomic E-state index is 0. The molecule has 0 bridgehead atoms. The number of fused-ring (bicyclic) bond motifs is 1.